The summed E-state index contributed by atoms with van der Waals surface area (Å²) in [5.41, 5.74) is 1.32. The predicted molar refractivity (Wildman–Crippen MR) is 89.9 cm³/mol. The number of benzene rings is 1. The van der Waals surface area contributed by atoms with Gasteiger partial charge in [0.05, 0.1) is 11.7 Å². The minimum atomic E-state index is -1.11. The van der Waals surface area contributed by atoms with Gasteiger partial charge in [0, 0.05) is 0 Å². The standard InChI is InChI=1S/C19H28O3/c1-16(19(21)22)18(20)15-11-6-4-2-3-5-8-12-17-13-9-7-10-14-17/h7,9-10,13-14,18,20H,1-6,8,11-12,15H2,(H,21,22). The van der Waals surface area contributed by atoms with Crippen molar-refractivity contribution in [2.45, 2.75) is 63.9 Å². The second-order valence-electron chi connectivity index (χ2n) is 5.85. The van der Waals surface area contributed by atoms with Crippen molar-refractivity contribution in [2.75, 3.05) is 0 Å². The highest BCUT2D eigenvalue weighted by molar-refractivity contribution is 5.86. The van der Waals surface area contributed by atoms with E-state index in [-0.39, 0.29) is 5.57 Å². The minimum absolute atomic E-state index is 0.0964. The summed E-state index contributed by atoms with van der Waals surface area (Å²) in [7, 11) is 0. The Morgan fingerprint density at radius 2 is 1.50 bits per heavy atom. The van der Waals surface area contributed by atoms with Gasteiger partial charge >= 0.3 is 5.97 Å². The Hall–Kier alpha value is -1.61. The van der Waals surface area contributed by atoms with Crippen molar-refractivity contribution < 1.29 is 15.0 Å². The number of aliphatic carboxylic acids is 1. The van der Waals surface area contributed by atoms with Crippen molar-refractivity contribution in [2.24, 2.45) is 0 Å². The molecule has 1 atom stereocenters. The normalized spacial score (nSPS) is 12.0. The summed E-state index contributed by atoms with van der Waals surface area (Å²) >= 11 is 0. The third kappa shape index (κ3) is 7.99. The van der Waals surface area contributed by atoms with E-state index in [1.165, 1.54) is 31.2 Å². The molecule has 3 nitrogen and oxygen atoms in total. The first kappa shape index (κ1) is 18.4. The van der Waals surface area contributed by atoms with E-state index >= 15 is 0 Å². The van der Waals surface area contributed by atoms with Crippen LogP contribution in [-0.4, -0.2) is 22.3 Å². The summed E-state index contributed by atoms with van der Waals surface area (Å²) in [6.45, 7) is 3.38. The van der Waals surface area contributed by atoms with Gasteiger partial charge in [-0.2, -0.15) is 0 Å². The van der Waals surface area contributed by atoms with Crippen LogP contribution in [0.5, 0.6) is 0 Å². The number of aryl methyl sites for hydroxylation is 1. The first-order chi connectivity index (χ1) is 10.6. The number of rotatable bonds is 12. The van der Waals surface area contributed by atoms with E-state index in [0.717, 1.165) is 25.7 Å². The fourth-order valence-corrected chi connectivity index (χ4v) is 2.51. The van der Waals surface area contributed by atoms with Gasteiger partial charge in [-0.15, -0.1) is 0 Å². The zero-order valence-electron chi connectivity index (χ0n) is 13.3. The Morgan fingerprint density at radius 1 is 0.955 bits per heavy atom. The molecule has 0 heterocycles. The molecule has 0 aromatic heterocycles. The molecule has 0 radical (unpaired) electrons. The molecule has 0 bridgehead atoms. The number of hydrogen-bond donors (Lipinski definition) is 2. The van der Waals surface area contributed by atoms with Crippen LogP contribution in [0, 0.1) is 0 Å². The second-order valence-corrected chi connectivity index (χ2v) is 5.85. The molecule has 1 rings (SSSR count). The van der Waals surface area contributed by atoms with Crippen LogP contribution in [0.15, 0.2) is 42.5 Å². The molecule has 1 aromatic carbocycles. The highest BCUT2D eigenvalue weighted by Crippen LogP contribution is 2.14. The molecule has 122 valence electrons. The number of carboxylic acids is 1. The Bertz CT molecular complexity index is 439. The van der Waals surface area contributed by atoms with Crippen molar-refractivity contribution in [3.63, 3.8) is 0 Å². The predicted octanol–water partition coefficient (Wildman–Crippen LogP) is 4.35. The zero-order chi connectivity index (χ0) is 16.2. The smallest absolute Gasteiger partial charge is 0.333 e. The molecule has 0 saturated carbocycles. The quantitative estimate of drug-likeness (QED) is 0.446. The van der Waals surface area contributed by atoms with Gasteiger partial charge < -0.3 is 10.2 Å². The summed E-state index contributed by atoms with van der Waals surface area (Å²) < 4.78 is 0. The van der Waals surface area contributed by atoms with Crippen LogP contribution in [0.1, 0.15) is 56.9 Å². The lowest BCUT2D eigenvalue weighted by Gasteiger charge is -2.09. The van der Waals surface area contributed by atoms with Gasteiger partial charge in [0.1, 0.15) is 0 Å². The van der Waals surface area contributed by atoms with Crippen molar-refractivity contribution in [3.8, 4) is 0 Å². The average Bonchev–Trinajstić information content (AvgIpc) is 2.53. The molecular formula is C19H28O3. The van der Waals surface area contributed by atoms with Crippen LogP contribution in [0.4, 0.5) is 0 Å². The Morgan fingerprint density at radius 3 is 2.09 bits per heavy atom. The Labute approximate surface area is 133 Å². The second kappa shape index (κ2) is 11.0. The molecular weight excluding hydrogens is 276 g/mol. The molecule has 2 N–H and O–H groups in total. The maximum Gasteiger partial charge on any atom is 0.333 e. The topological polar surface area (TPSA) is 57.5 Å². The summed E-state index contributed by atoms with van der Waals surface area (Å²) in [4.78, 5) is 10.6. The molecule has 0 aliphatic rings. The molecule has 3 heteroatoms. The maximum absolute atomic E-state index is 10.6. The number of unbranched alkanes of at least 4 members (excludes halogenated alkanes) is 6. The third-order valence-electron chi connectivity index (χ3n) is 3.96. The number of aliphatic hydroxyl groups is 1. The minimum Gasteiger partial charge on any atom is -0.478 e. The zero-order valence-corrected chi connectivity index (χ0v) is 13.3. The number of aliphatic hydroxyl groups excluding tert-OH is 1. The number of carboxylic acid groups (broad SMARTS) is 1. The van der Waals surface area contributed by atoms with E-state index in [1.54, 1.807) is 0 Å². The van der Waals surface area contributed by atoms with E-state index in [9.17, 15) is 9.90 Å². The Balaban J connectivity index is 1.91. The lowest BCUT2D eigenvalue weighted by atomic mass is 10.0. The van der Waals surface area contributed by atoms with Crippen LogP contribution in [0.25, 0.3) is 0 Å². The lowest BCUT2D eigenvalue weighted by Crippen LogP contribution is -2.16. The molecule has 0 aliphatic heterocycles. The first-order valence-corrected chi connectivity index (χ1v) is 8.25. The molecule has 0 saturated heterocycles. The van der Waals surface area contributed by atoms with E-state index < -0.39 is 12.1 Å². The van der Waals surface area contributed by atoms with Crippen LogP contribution in [0.3, 0.4) is 0 Å². The van der Waals surface area contributed by atoms with Gasteiger partial charge in [-0.05, 0) is 24.8 Å². The molecule has 1 aromatic rings. The van der Waals surface area contributed by atoms with E-state index in [4.69, 9.17) is 5.11 Å². The SMILES string of the molecule is C=C(C(=O)O)C(O)CCCCCCCCCc1ccccc1. The maximum atomic E-state index is 10.6. The highest BCUT2D eigenvalue weighted by Gasteiger charge is 2.14. The summed E-state index contributed by atoms with van der Waals surface area (Å²) in [5, 5.41) is 18.3. The van der Waals surface area contributed by atoms with E-state index in [1.807, 2.05) is 6.07 Å². The van der Waals surface area contributed by atoms with Gasteiger partial charge in [-0.25, -0.2) is 4.79 Å². The van der Waals surface area contributed by atoms with Gasteiger partial charge in [-0.3, -0.25) is 0 Å². The van der Waals surface area contributed by atoms with Gasteiger partial charge in [0.2, 0.25) is 0 Å². The fraction of sp³-hybridized carbons (Fsp3) is 0.526. The monoisotopic (exact) mass is 304 g/mol. The van der Waals surface area contributed by atoms with Crippen LogP contribution < -0.4 is 0 Å². The highest BCUT2D eigenvalue weighted by atomic mass is 16.4. The molecule has 0 aliphatic carbocycles. The van der Waals surface area contributed by atoms with E-state index in [0.29, 0.717) is 6.42 Å². The Kier molecular flexibility index (Phi) is 9.24. The molecule has 22 heavy (non-hydrogen) atoms. The fourth-order valence-electron chi connectivity index (χ4n) is 2.51. The number of hydrogen-bond acceptors (Lipinski definition) is 2. The van der Waals surface area contributed by atoms with Crippen LogP contribution >= 0.6 is 0 Å². The summed E-state index contributed by atoms with van der Waals surface area (Å²) in [5.74, 6) is -1.11. The molecule has 0 fully saturated rings. The van der Waals surface area contributed by atoms with Crippen molar-refractivity contribution in [1.82, 2.24) is 0 Å². The number of carbonyl (C=O) groups is 1. The van der Waals surface area contributed by atoms with Crippen LogP contribution in [-0.2, 0) is 11.2 Å². The van der Waals surface area contributed by atoms with E-state index in [2.05, 4.69) is 30.8 Å². The van der Waals surface area contributed by atoms with Crippen molar-refractivity contribution in [1.29, 1.82) is 0 Å². The summed E-state index contributed by atoms with van der Waals surface area (Å²) in [6, 6.07) is 10.6. The third-order valence-corrected chi connectivity index (χ3v) is 3.96. The largest absolute Gasteiger partial charge is 0.478 e. The van der Waals surface area contributed by atoms with Gasteiger partial charge in [0.15, 0.2) is 0 Å². The summed E-state index contributed by atoms with van der Waals surface area (Å²) in [6.07, 6.45) is 8.76. The average molecular weight is 304 g/mol. The molecule has 0 amide bonds. The van der Waals surface area contributed by atoms with Gasteiger partial charge in [-0.1, -0.05) is 75.4 Å². The van der Waals surface area contributed by atoms with Gasteiger partial charge in [0.25, 0.3) is 0 Å². The van der Waals surface area contributed by atoms with Crippen molar-refractivity contribution >= 4 is 5.97 Å². The molecule has 1 unspecified atom stereocenters. The lowest BCUT2D eigenvalue weighted by molar-refractivity contribution is -0.133. The van der Waals surface area contributed by atoms with Crippen LogP contribution in [0.2, 0.25) is 0 Å². The van der Waals surface area contributed by atoms with Crippen molar-refractivity contribution in [3.05, 3.63) is 48.0 Å². The first-order valence-electron chi connectivity index (χ1n) is 8.25. The molecule has 0 spiro atoms.